The molecule has 0 aliphatic carbocycles. The summed E-state index contributed by atoms with van der Waals surface area (Å²) in [4.78, 5) is 2.60. The van der Waals surface area contributed by atoms with Crippen molar-refractivity contribution in [3.05, 3.63) is 23.8 Å². The summed E-state index contributed by atoms with van der Waals surface area (Å²) in [6, 6.07) is 6.42. The van der Waals surface area contributed by atoms with Crippen molar-refractivity contribution in [3.63, 3.8) is 0 Å². The summed E-state index contributed by atoms with van der Waals surface area (Å²) >= 11 is 0. The van der Waals surface area contributed by atoms with E-state index in [9.17, 15) is 10.2 Å². The molecule has 0 aromatic heterocycles. The molecule has 2 aliphatic heterocycles. The SMILES string of the molecule is Oc1cccc(CNC2CCN3CCCC3C2)c1O. The number of benzene rings is 1. The van der Waals surface area contributed by atoms with Crippen molar-refractivity contribution in [2.45, 2.75) is 44.3 Å². The van der Waals surface area contributed by atoms with Gasteiger partial charge in [0.1, 0.15) is 0 Å². The standard InChI is InChI=1S/C15H22N2O2/c18-14-5-1-3-11(15(14)19)10-16-12-6-8-17-7-2-4-13(17)9-12/h1,3,5,12-13,16,18-19H,2,4,6-10H2. The molecule has 2 fully saturated rings. The van der Waals surface area contributed by atoms with Gasteiger partial charge in [0.25, 0.3) is 0 Å². The molecule has 2 heterocycles. The van der Waals surface area contributed by atoms with Gasteiger partial charge in [-0.25, -0.2) is 0 Å². The Bertz CT molecular complexity index is 450. The van der Waals surface area contributed by atoms with Gasteiger partial charge < -0.3 is 20.4 Å². The smallest absolute Gasteiger partial charge is 0.161 e. The number of phenolic OH excluding ortho intramolecular Hbond substituents is 2. The van der Waals surface area contributed by atoms with Crippen LogP contribution in [0.3, 0.4) is 0 Å². The topological polar surface area (TPSA) is 55.7 Å². The fourth-order valence-corrected chi connectivity index (χ4v) is 3.38. The van der Waals surface area contributed by atoms with Crippen molar-refractivity contribution in [1.29, 1.82) is 0 Å². The van der Waals surface area contributed by atoms with Crippen molar-refractivity contribution >= 4 is 0 Å². The molecule has 1 aromatic rings. The fraction of sp³-hybridized carbons (Fsp3) is 0.600. The molecule has 2 aliphatic rings. The van der Waals surface area contributed by atoms with Crippen molar-refractivity contribution in [3.8, 4) is 11.5 Å². The zero-order chi connectivity index (χ0) is 13.2. The Morgan fingerprint density at radius 3 is 3.00 bits per heavy atom. The molecule has 2 saturated heterocycles. The predicted molar refractivity (Wildman–Crippen MR) is 74.2 cm³/mol. The highest BCUT2D eigenvalue weighted by Crippen LogP contribution is 2.29. The van der Waals surface area contributed by atoms with Crippen LogP contribution in [0.15, 0.2) is 18.2 Å². The lowest BCUT2D eigenvalue weighted by atomic mass is 9.97. The van der Waals surface area contributed by atoms with Gasteiger partial charge >= 0.3 is 0 Å². The average Bonchev–Trinajstić information content (AvgIpc) is 2.88. The Morgan fingerprint density at radius 2 is 2.11 bits per heavy atom. The van der Waals surface area contributed by atoms with Crippen molar-refractivity contribution in [2.75, 3.05) is 13.1 Å². The molecule has 0 saturated carbocycles. The van der Waals surface area contributed by atoms with Crippen LogP contribution in [-0.4, -0.2) is 40.3 Å². The first-order valence-electron chi connectivity index (χ1n) is 7.21. The van der Waals surface area contributed by atoms with Gasteiger partial charge in [-0.05, 0) is 44.8 Å². The van der Waals surface area contributed by atoms with Crippen LogP contribution in [0.5, 0.6) is 11.5 Å². The molecule has 19 heavy (non-hydrogen) atoms. The number of fused-ring (bicyclic) bond motifs is 1. The lowest BCUT2D eigenvalue weighted by Gasteiger charge is -2.35. The van der Waals surface area contributed by atoms with Crippen LogP contribution in [-0.2, 0) is 6.54 Å². The van der Waals surface area contributed by atoms with Gasteiger partial charge in [0.05, 0.1) is 0 Å². The third kappa shape index (κ3) is 2.69. The lowest BCUT2D eigenvalue weighted by Crippen LogP contribution is -2.45. The van der Waals surface area contributed by atoms with Crippen molar-refractivity contribution in [1.82, 2.24) is 10.2 Å². The van der Waals surface area contributed by atoms with Gasteiger partial charge in [-0.15, -0.1) is 0 Å². The summed E-state index contributed by atoms with van der Waals surface area (Å²) in [6.07, 6.45) is 5.05. The van der Waals surface area contributed by atoms with Crippen LogP contribution >= 0.6 is 0 Å². The van der Waals surface area contributed by atoms with E-state index in [0.29, 0.717) is 12.6 Å². The van der Waals surface area contributed by atoms with Crippen LogP contribution in [0, 0.1) is 0 Å². The van der Waals surface area contributed by atoms with E-state index in [1.165, 1.54) is 44.8 Å². The Labute approximate surface area is 114 Å². The number of aromatic hydroxyl groups is 2. The first kappa shape index (κ1) is 12.8. The second kappa shape index (κ2) is 5.39. The molecular weight excluding hydrogens is 240 g/mol. The molecule has 1 aromatic carbocycles. The number of hydrogen-bond acceptors (Lipinski definition) is 4. The number of hydrogen-bond donors (Lipinski definition) is 3. The largest absolute Gasteiger partial charge is 0.504 e. The summed E-state index contributed by atoms with van der Waals surface area (Å²) in [6.45, 7) is 3.08. The maximum absolute atomic E-state index is 9.78. The quantitative estimate of drug-likeness (QED) is 0.727. The molecule has 4 nitrogen and oxygen atoms in total. The molecule has 2 atom stereocenters. The van der Waals surface area contributed by atoms with Crippen molar-refractivity contribution in [2.24, 2.45) is 0 Å². The minimum absolute atomic E-state index is 0.00769. The third-order valence-corrected chi connectivity index (χ3v) is 4.50. The van der Waals surface area contributed by atoms with E-state index in [2.05, 4.69) is 10.2 Å². The maximum atomic E-state index is 9.78. The Hall–Kier alpha value is -1.26. The zero-order valence-electron chi connectivity index (χ0n) is 11.2. The van der Waals surface area contributed by atoms with Crippen LogP contribution < -0.4 is 5.32 Å². The summed E-state index contributed by atoms with van der Waals surface area (Å²) in [7, 11) is 0. The van der Waals surface area contributed by atoms with Gasteiger partial charge in [0.2, 0.25) is 0 Å². The number of rotatable bonds is 3. The van der Waals surface area contributed by atoms with E-state index in [1.807, 2.05) is 6.07 Å². The monoisotopic (exact) mass is 262 g/mol. The fourth-order valence-electron chi connectivity index (χ4n) is 3.38. The number of para-hydroxylation sites is 1. The predicted octanol–water partition coefficient (Wildman–Crippen LogP) is 1.81. The summed E-state index contributed by atoms with van der Waals surface area (Å²) in [5.74, 6) is -0.0294. The number of nitrogens with zero attached hydrogens (tertiary/aromatic N) is 1. The molecule has 0 amide bonds. The van der Waals surface area contributed by atoms with Gasteiger partial charge in [-0.3, -0.25) is 0 Å². The van der Waals surface area contributed by atoms with E-state index in [-0.39, 0.29) is 11.5 Å². The maximum Gasteiger partial charge on any atom is 0.161 e. The van der Waals surface area contributed by atoms with Crippen LogP contribution in [0.4, 0.5) is 0 Å². The molecule has 0 bridgehead atoms. The zero-order valence-corrected chi connectivity index (χ0v) is 11.2. The summed E-state index contributed by atoms with van der Waals surface area (Å²) < 4.78 is 0. The molecule has 3 N–H and O–H groups in total. The number of phenols is 2. The molecule has 3 rings (SSSR count). The summed E-state index contributed by atoms with van der Waals surface area (Å²) in [5, 5.41) is 22.8. The van der Waals surface area contributed by atoms with Crippen molar-refractivity contribution < 1.29 is 10.2 Å². The minimum atomic E-state index is -0.0371. The van der Waals surface area contributed by atoms with Crippen LogP contribution in [0.25, 0.3) is 0 Å². The van der Waals surface area contributed by atoms with Crippen LogP contribution in [0.2, 0.25) is 0 Å². The molecule has 2 unspecified atom stereocenters. The lowest BCUT2D eigenvalue weighted by molar-refractivity contribution is 0.166. The highest BCUT2D eigenvalue weighted by molar-refractivity contribution is 5.44. The van der Waals surface area contributed by atoms with E-state index in [0.717, 1.165) is 11.6 Å². The second-order valence-corrected chi connectivity index (χ2v) is 5.72. The highest BCUT2D eigenvalue weighted by atomic mass is 16.3. The Morgan fingerprint density at radius 1 is 1.21 bits per heavy atom. The first-order valence-corrected chi connectivity index (χ1v) is 7.21. The van der Waals surface area contributed by atoms with E-state index in [1.54, 1.807) is 6.07 Å². The molecule has 0 spiro atoms. The van der Waals surface area contributed by atoms with Gasteiger partial charge in [-0.1, -0.05) is 12.1 Å². The number of piperidine rings is 1. The molecule has 4 heteroatoms. The van der Waals surface area contributed by atoms with E-state index >= 15 is 0 Å². The second-order valence-electron chi connectivity index (χ2n) is 5.72. The van der Waals surface area contributed by atoms with Gasteiger partial charge in [0, 0.05) is 24.2 Å². The molecular formula is C15H22N2O2. The molecule has 104 valence electrons. The highest BCUT2D eigenvalue weighted by Gasteiger charge is 2.31. The Balaban J connectivity index is 1.56. The first-order chi connectivity index (χ1) is 9.24. The Kier molecular flexibility index (Phi) is 3.62. The van der Waals surface area contributed by atoms with Crippen LogP contribution in [0.1, 0.15) is 31.2 Å². The minimum Gasteiger partial charge on any atom is -0.504 e. The van der Waals surface area contributed by atoms with E-state index < -0.39 is 0 Å². The van der Waals surface area contributed by atoms with Gasteiger partial charge in [-0.2, -0.15) is 0 Å². The van der Waals surface area contributed by atoms with Gasteiger partial charge in [0.15, 0.2) is 11.5 Å². The normalized spacial score (nSPS) is 27.4. The third-order valence-electron chi connectivity index (χ3n) is 4.50. The summed E-state index contributed by atoms with van der Waals surface area (Å²) in [5.41, 5.74) is 0.772. The average molecular weight is 262 g/mol. The van der Waals surface area contributed by atoms with E-state index in [4.69, 9.17) is 0 Å². The number of nitrogens with one attached hydrogen (secondary N) is 1. The molecule has 0 radical (unpaired) electrons.